The van der Waals surface area contributed by atoms with Crippen molar-refractivity contribution in [2.75, 3.05) is 0 Å². The Balaban J connectivity index is 2.03. The van der Waals surface area contributed by atoms with E-state index >= 15 is 0 Å². The highest BCUT2D eigenvalue weighted by Gasteiger charge is 2.20. The van der Waals surface area contributed by atoms with E-state index in [1.54, 1.807) is 6.26 Å². The van der Waals surface area contributed by atoms with Crippen molar-refractivity contribution in [2.45, 2.75) is 19.3 Å². The largest absolute Gasteiger partial charge is 0.464 e. The lowest BCUT2D eigenvalue weighted by molar-refractivity contribution is 0.553. The third-order valence-corrected chi connectivity index (χ3v) is 2.91. The van der Waals surface area contributed by atoms with Gasteiger partial charge in [-0.3, -0.25) is 0 Å². The van der Waals surface area contributed by atoms with Gasteiger partial charge in [0.25, 0.3) is 0 Å². The maximum atomic E-state index is 5.44. The highest BCUT2D eigenvalue weighted by Crippen LogP contribution is 2.39. The molecule has 0 atom stereocenters. The van der Waals surface area contributed by atoms with Gasteiger partial charge in [0, 0.05) is 5.57 Å². The van der Waals surface area contributed by atoms with E-state index in [1.807, 2.05) is 12.1 Å². The van der Waals surface area contributed by atoms with Crippen LogP contribution in [0.3, 0.4) is 0 Å². The van der Waals surface area contributed by atoms with Crippen molar-refractivity contribution in [1.29, 1.82) is 0 Å². The van der Waals surface area contributed by atoms with Gasteiger partial charge < -0.3 is 4.42 Å². The van der Waals surface area contributed by atoms with E-state index < -0.39 is 0 Å². The molecule has 14 heavy (non-hydrogen) atoms. The fraction of sp³-hybridized carbons (Fsp3) is 0.231. The van der Waals surface area contributed by atoms with Gasteiger partial charge in [0.05, 0.1) is 6.26 Å². The molecule has 1 heterocycles. The first-order chi connectivity index (χ1) is 6.95. The highest BCUT2D eigenvalue weighted by molar-refractivity contribution is 5.81. The summed E-state index contributed by atoms with van der Waals surface area (Å²) < 4.78 is 5.44. The molecule has 3 rings (SSSR count). The molecule has 1 aromatic rings. The van der Waals surface area contributed by atoms with Crippen LogP contribution in [0.2, 0.25) is 0 Å². The van der Waals surface area contributed by atoms with Gasteiger partial charge in [-0.05, 0) is 42.5 Å². The third-order valence-electron chi connectivity index (χ3n) is 2.91. The Labute approximate surface area is 83.4 Å². The van der Waals surface area contributed by atoms with E-state index in [2.05, 4.69) is 18.2 Å². The van der Waals surface area contributed by atoms with Crippen LogP contribution in [0.25, 0.3) is 5.57 Å². The smallest absolute Gasteiger partial charge is 0.133 e. The number of rotatable bonds is 1. The first-order valence-electron chi connectivity index (χ1n) is 5.08. The topological polar surface area (TPSA) is 13.1 Å². The summed E-state index contributed by atoms with van der Waals surface area (Å²) in [7, 11) is 0. The molecule has 1 nitrogen and oxygen atoms in total. The Morgan fingerprint density at radius 2 is 2.29 bits per heavy atom. The average Bonchev–Trinajstić information content (AvgIpc) is 2.85. The normalized spacial score (nSPS) is 19.9. The van der Waals surface area contributed by atoms with Gasteiger partial charge in [-0.25, -0.2) is 0 Å². The van der Waals surface area contributed by atoms with Gasteiger partial charge in [-0.2, -0.15) is 0 Å². The zero-order valence-corrected chi connectivity index (χ0v) is 7.99. The Morgan fingerprint density at radius 1 is 1.29 bits per heavy atom. The summed E-state index contributed by atoms with van der Waals surface area (Å²) in [5.74, 6) is 1.02. The van der Waals surface area contributed by atoms with Crippen molar-refractivity contribution in [3.05, 3.63) is 53.5 Å². The molecule has 2 aliphatic carbocycles. The van der Waals surface area contributed by atoms with Gasteiger partial charge in [0.1, 0.15) is 5.76 Å². The monoisotopic (exact) mass is 184 g/mol. The Bertz CT molecular complexity index is 430. The summed E-state index contributed by atoms with van der Waals surface area (Å²) in [6.07, 6.45) is 11.9. The first-order valence-corrected chi connectivity index (χ1v) is 5.08. The minimum atomic E-state index is 1.02. The molecular weight excluding hydrogens is 172 g/mol. The van der Waals surface area contributed by atoms with E-state index in [0.29, 0.717) is 0 Å². The molecule has 0 saturated heterocycles. The molecular formula is C13H12O. The van der Waals surface area contributed by atoms with Gasteiger partial charge >= 0.3 is 0 Å². The lowest BCUT2D eigenvalue weighted by Gasteiger charge is -2.10. The Hall–Kier alpha value is -1.50. The molecule has 0 aromatic carbocycles. The molecule has 0 aliphatic heterocycles. The first kappa shape index (κ1) is 7.86. The summed E-state index contributed by atoms with van der Waals surface area (Å²) in [6, 6.07) is 3.99. The maximum Gasteiger partial charge on any atom is 0.133 e. The van der Waals surface area contributed by atoms with Crippen LogP contribution in [-0.4, -0.2) is 0 Å². The zero-order valence-electron chi connectivity index (χ0n) is 7.99. The van der Waals surface area contributed by atoms with Crippen LogP contribution < -0.4 is 0 Å². The van der Waals surface area contributed by atoms with Crippen LogP contribution in [0.4, 0.5) is 0 Å². The SMILES string of the molecule is C1=CC2=C(CC1)C(c1ccco1)=CC2. The molecule has 70 valence electrons. The van der Waals surface area contributed by atoms with Gasteiger partial charge in [-0.1, -0.05) is 18.2 Å². The molecule has 0 spiro atoms. The summed E-state index contributed by atoms with van der Waals surface area (Å²) in [4.78, 5) is 0. The van der Waals surface area contributed by atoms with Crippen LogP contribution in [0.5, 0.6) is 0 Å². The standard InChI is InChI=1S/C13H12O/c1-2-5-11-10(4-1)7-8-12(11)13-6-3-9-14-13/h1,3-4,6,8-9H,2,5,7H2. The van der Waals surface area contributed by atoms with Crippen LogP contribution in [0.15, 0.2) is 52.2 Å². The number of furan rings is 1. The van der Waals surface area contributed by atoms with Gasteiger partial charge in [0.15, 0.2) is 0 Å². The van der Waals surface area contributed by atoms with Crippen molar-refractivity contribution in [3.8, 4) is 0 Å². The molecule has 0 radical (unpaired) electrons. The molecule has 2 aliphatic rings. The van der Waals surface area contributed by atoms with E-state index in [1.165, 1.54) is 23.1 Å². The van der Waals surface area contributed by atoms with E-state index in [4.69, 9.17) is 4.42 Å². The lowest BCUT2D eigenvalue weighted by atomic mass is 9.95. The second-order valence-corrected chi connectivity index (χ2v) is 3.74. The molecule has 0 N–H and O–H groups in total. The number of allylic oxidation sites excluding steroid dienone is 6. The van der Waals surface area contributed by atoms with Crippen LogP contribution in [0, 0.1) is 0 Å². The zero-order chi connectivity index (χ0) is 9.38. The maximum absolute atomic E-state index is 5.44. The average molecular weight is 184 g/mol. The summed E-state index contributed by atoms with van der Waals surface area (Å²) in [5, 5.41) is 0. The molecule has 0 unspecified atom stereocenters. The third kappa shape index (κ3) is 1.09. The molecule has 0 bridgehead atoms. The molecule has 1 heteroatoms. The quantitative estimate of drug-likeness (QED) is 0.648. The fourth-order valence-electron chi connectivity index (χ4n) is 2.23. The van der Waals surface area contributed by atoms with Crippen molar-refractivity contribution < 1.29 is 4.42 Å². The minimum Gasteiger partial charge on any atom is -0.464 e. The predicted molar refractivity (Wildman–Crippen MR) is 56.7 cm³/mol. The molecule has 1 aromatic heterocycles. The summed E-state index contributed by atoms with van der Waals surface area (Å²) >= 11 is 0. The van der Waals surface area contributed by atoms with Gasteiger partial charge in [-0.15, -0.1) is 0 Å². The van der Waals surface area contributed by atoms with Gasteiger partial charge in [0.2, 0.25) is 0 Å². The highest BCUT2D eigenvalue weighted by atomic mass is 16.3. The number of hydrogen-bond acceptors (Lipinski definition) is 1. The molecule has 0 fully saturated rings. The second-order valence-electron chi connectivity index (χ2n) is 3.74. The van der Waals surface area contributed by atoms with Crippen LogP contribution in [-0.2, 0) is 0 Å². The van der Waals surface area contributed by atoms with E-state index in [0.717, 1.165) is 18.6 Å². The predicted octanol–water partition coefficient (Wildman–Crippen LogP) is 3.71. The Morgan fingerprint density at radius 3 is 3.14 bits per heavy atom. The summed E-state index contributed by atoms with van der Waals surface area (Å²) in [5.41, 5.74) is 4.28. The Kier molecular flexibility index (Phi) is 1.69. The fourth-order valence-corrected chi connectivity index (χ4v) is 2.23. The molecule has 0 saturated carbocycles. The van der Waals surface area contributed by atoms with Crippen molar-refractivity contribution >= 4 is 5.57 Å². The van der Waals surface area contributed by atoms with Crippen molar-refractivity contribution in [2.24, 2.45) is 0 Å². The summed E-state index contributed by atoms with van der Waals surface area (Å²) in [6.45, 7) is 0. The molecule has 0 amide bonds. The number of hydrogen-bond donors (Lipinski definition) is 0. The second kappa shape index (κ2) is 3.02. The van der Waals surface area contributed by atoms with Crippen LogP contribution >= 0.6 is 0 Å². The van der Waals surface area contributed by atoms with E-state index in [9.17, 15) is 0 Å². The van der Waals surface area contributed by atoms with E-state index in [-0.39, 0.29) is 0 Å². The minimum absolute atomic E-state index is 1.02. The van der Waals surface area contributed by atoms with Crippen molar-refractivity contribution in [1.82, 2.24) is 0 Å². The van der Waals surface area contributed by atoms with Crippen LogP contribution in [0.1, 0.15) is 25.0 Å². The van der Waals surface area contributed by atoms with Crippen molar-refractivity contribution in [3.63, 3.8) is 0 Å². The lowest BCUT2D eigenvalue weighted by Crippen LogP contribution is -1.91.